The van der Waals surface area contributed by atoms with Gasteiger partial charge < -0.3 is 15.1 Å². The Bertz CT molecular complexity index is 1050. The lowest BCUT2D eigenvalue weighted by atomic mass is 10.1. The molecular weight excluding hydrogens is 382 g/mol. The van der Waals surface area contributed by atoms with E-state index in [1.807, 2.05) is 4.90 Å². The molecule has 0 bridgehead atoms. The predicted molar refractivity (Wildman–Crippen MR) is 117 cm³/mol. The van der Waals surface area contributed by atoms with Crippen molar-refractivity contribution in [3.8, 4) is 0 Å². The highest BCUT2D eigenvalue weighted by atomic mass is 16.6. The Hall–Kier alpha value is -3.75. The number of piperazine rings is 1. The van der Waals surface area contributed by atoms with Gasteiger partial charge in [0, 0.05) is 38.1 Å². The summed E-state index contributed by atoms with van der Waals surface area (Å²) in [6.07, 6.45) is 2.97. The minimum absolute atomic E-state index is 0.136. The molecule has 9 heteroatoms. The van der Waals surface area contributed by atoms with Crippen LogP contribution in [0.3, 0.4) is 0 Å². The van der Waals surface area contributed by atoms with Crippen molar-refractivity contribution in [1.29, 1.82) is 0 Å². The quantitative estimate of drug-likeness (QED) is 0.509. The maximum atomic E-state index is 11.9. The standard InChI is InChI=1S/C21H23N7O2/c1-15-6-5-7-17(16(15)2)26-10-12-27(13-11-26)21-19(28(29)30)20(23-14-24-21)25-18-8-3-4-9-22-18/h3-9,14H,10-13H2,1-2H3,(H,22,23,24,25). The van der Waals surface area contributed by atoms with Crippen LogP contribution in [0.15, 0.2) is 48.9 Å². The van der Waals surface area contributed by atoms with Crippen LogP contribution in [0.4, 0.5) is 28.8 Å². The molecule has 0 radical (unpaired) electrons. The van der Waals surface area contributed by atoms with Gasteiger partial charge in [0.2, 0.25) is 11.6 Å². The lowest BCUT2D eigenvalue weighted by molar-refractivity contribution is -0.383. The van der Waals surface area contributed by atoms with E-state index >= 15 is 0 Å². The summed E-state index contributed by atoms with van der Waals surface area (Å²) in [5.74, 6) is 0.958. The molecule has 0 saturated carbocycles. The first-order valence-corrected chi connectivity index (χ1v) is 9.78. The lowest BCUT2D eigenvalue weighted by Gasteiger charge is -2.37. The van der Waals surface area contributed by atoms with Crippen LogP contribution < -0.4 is 15.1 Å². The van der Waals surface area contributed by atoms with Crippen molar-refractivity contribution >= 4 is 28.8 Å². The van der Waals surface area contributed by atoms with E-state index in [4.69, 9.17) is 0 Å². The van der Waals surface area contributed by atoms with Gasteiger partial charge in [-0.05, 0) is 43.2 Å². The van der Waals surface area contributed by atoms with E-state index in [0.29, 0.717) is 24.7 Å². The molecule has 0 unspecified atom stereocenters. The van der Waals surface area contributed by atoms with Crippen LogP contribution in [-0.4, -0.2) is 46.1 Å². The second kappa shape index (κ2) is 8.32. The highest BCUT2D eigenvalue weighted by Crippen LogP contribution is 2.34. The topological polar surface area (TPSA) is 100 Å². The molecule has 0 aliphatic carbocycles. The summed E-state index contributed by atoms with van der Waals surface area (Å²) >= 11 is 0. The zero-order chi connectivity index (χ0) is 21.1. The summed E-state index contributed by atoms with van der Waals surface area (Å²) in [5.41, 5.74) is 3.60. The van der Waals surface area contributed by atoms with Gasteiger partial charge in [-0.3, -0.25) is 10.1 Å². The number of benzene rings is 1. The predicted octanol–water partition coefficient (Wildman–Crippen LogP) is 3.47. The summed E-state index contributed by atoms with van der Waals surface area (Å²) in [6, 6.07) is 11.6. The molecule has 0 spiro atoms. The fourth-order valence-electron chi connectivity index (χ4n) is 3.66. The first-order chi connectivity index (χ1) is 14.5. The number of aryl methyl sites for hydroxylation is 1. The molecule has 3 heterocycles. The normalized spacial score (nSPS) is 13.9. The highest BCUT2D eigenvalue weighted by molar-refractivity contribution is 5.74. The Kier molecular flexibility index (Phi) is 5.42. The molecule has 1 fully saturated rings. The fourth-order valence-corrected chi connectivity index (χ4v) is 3.66. The molecule has 0 amide bonds. The van der Waals surface area contributed by atoms with Crippen molar-refractivity contribution in [2.45, 2.75) is 13.8 Å². The molecule has 2 aromatic heterocycles. The van der Waals surface area contributed by atoms with Gasteiger partial charge in [0.25, 0.3) is 0 Å². The number of nitro groups is 1. The van der Waals surface area contributed by atoms with E-state index in [9.17, 15) is 10.1 Å². The van der Waals surface area contributed by atoms with Gasteiger partial charge in [-0.2, -0.15) is 0 Å². The van der Waals surface area contributed by atoms with E-state index in [-0.39, 0.29) is 11.5 Å². The molecule has 4 rings (SSSR count). The lowest BCUT2D eigenvalue weighted by Crippen LogP contribution is -2.47. The largest absolute Gasteiger partial charge is 0.368 e. The number of aromatic nitrogens is 3. The number of nitrogens with zero attached hydrogens (tertiary/aromatic N) is 6. The fraction of sp³-hybridized carbons (Fsp3) is 0.286. The maximum Gasteiger partial charge on any atom is 0.353 e. The molecule has 1 aromatic carbocycles. The first kappa shape index (κ1) is 19.6. The number of nitrogens with one attached hydrogen (secondary N) is 1. The van der Waals surface area contributed by atoms with E-state index in [1.165, 1.54) is 23.1 Å². The SMILES string of the molecule is Cc1cccc(N2CCN(c3ncnc(Nc4ccccn4)c3[N+](=O)[O-])CC2)c1C. The van der Waals surface area contributed by atoms with Gasteiger partial charge in [-0.15, -0.1) is 0 Å². The van der Waals surface area contributed by atoms with E-state index < -0.39 is 4.92 Å². The van der Waals surface area contributed by atoms with Crippen molar-refractivity contribution < 1.29 is 4.92 Å². The van der Waals surface area contributed by atoms with Gasteiger partial charge in [0.1, 0.15) is 12.1 Å². The molecule has 30 heavy (non-hydrogen) atoms. The maximum absolute atomic E-state index is 11.9. The monoisotopic (exact) mass is 405 g/mol. The van der Waals surface area contributed by atoms with Crippen LogP contribution in [-0.2, 0) is 0 Å². The average Bonchev–Trinajstić information content (AvgIpc) is 2.76. The molecular formula is C21H23N7O2. The third kappa shape index (κ3) is 3.86. The van der Waals surface area contributed by atoms with Gasteiger partial charge >= 0.3 is 5.69 Å². The molecule has 0 atom stereocenters. The van der Waals surface area contributed by atoms with Crippen LogP contribution in [0, 0.1) is 24.0 Å². The van der Waals surface area contributed by atoms with Crippen molar-refractivity contribution in [2.75, 3.05) is 41.3 Å². The number of pyridine rings is 1. The van der Waals surface area contributed by atoms with Gasteiger partial charge in [0.15, 0.2) is 0 Å². The third-order valence-electron chi connectivity index (χ3n) is 5.39. The third-order valence-corrected chi connectivity index (χ3v) is 5.39. The minimum atomic E-state index is -0.433. The Morgan fingerprint density at radius 3 is 2.43 bits per heavy atom. The van der Waals surface area contributed by atoms with Crippen molar-refractivity contribution in [2.24, 2.45) is 0 Å². The first-order valence-electron chi connectivity index (χ1n) is 9.78. The summed E-state index contributed by atoms with van der Waals surface area (Å²) in [4.78, 5) is 28.2. The molecule has 154 valence electrons. The molecule has 9 nitrogen and oxygen atoms in total. The summed E-state index contributed by atoms with van der Waals surface area (Å²) in [5, 5.41) is 14.8. The second-order valence-corrected chi connectivity index (χ2v) is 7.18. The molecule has 1 N–H and O–H groups in total. The van der Waals surface area contributed by atoms with Crippen molar-refractivity contribution in [3.05, 3.63) is 70.2 Å². The molecule has 1 aliphatic heterocycles. The van der Waals surface area contributed by atoms with Crippen molar-refractivity contribution in [3.63, 3.8) is 0 Å². The Balaban J connectivity index is 1.57. The molecule has 1 saturated heterocycles. The average molecular weight is 405 g/mol. The van der Waals surface area contributed by atoms with Gasteiger partial charge in [-0.1, -0.05) is 18.2 Å². The summed E-state index contributed by atoms with van der Waals surface area (Å²) in [6.45, 7) is 7.02. The number of hydrogen-bond acceptors (Lipinski definition) is 8. The van der Waals surface area contributed by atoms with Crippen LogP contribution >= 0.6 is 0 Å². The van der Waals surface area contributed by atoms with Crippen LogP contribution in [0.25, 0.3) is 0 Å². The highest BCUT2D eigenvalue weighted by Gasteiger charge is 2.29. The Morgan fingerprint density at radius 1 is 0.967 bits per heavy atom. The van der Waals surface area contributed by atoms with Crippen molar-refractivity contribution in [1.82, 2.24) is 15.0 Å². The molecule has 1 aliphatic rings. The van der Waals surface area contributed by atoms with Gasteiger partial charge in [0.05, 0.1) is 4.92 Å². The Morgan fingerprint density at radius 2 is 1.73 bits per heavy atom. The van der Waals surface area contributed by atoms with Gasteiger partial charge in [-0.25, -0.2) is 15.0 Å². The van der Waals surface area contributed by atoms with E-state index in [2.05, 4.69) is 57.2 Å². The van der Waals surface area contributed by atoms with Crippen LogP contribution in [0.1, 0.15) is 11.1 Å². The summed E-state index contributed by atoms with van der Waals surface area (Å²) in [7, 11) is 0. The second-order valence-electron chi connectivity index (χ2n) is 7.18. The number of rotatable bonds is 5. The van der Waals surface area contributed by atoms with E-state index in [1.54, 1.807) is 24.4 Å². The number of anilines is 4. The molecule has 3 aromatic rings. The zero-order valence-electron chi connectivity index (χ0n) is 16.9. The zero-order valence-corrected chi connectivity index (χ0v) is 16.9. The summed E-state index contributed by atoms with van der Waals surface area (Å²) < 4.78 is 0. The Labute approximate surface area is 174 Å². The van der Waals surface area contributed by atoms with Crippen LogP contribution in [0.5, 0.6) is 0 Å². The minimum Gasteiger partial charge on any atom is -0.368 e. The van der Waals surface area contributed by atoms with E-state index in [0.717, 1.165) is 13.1 Å². The number of hydrogen-bond donors (Lipinski definition) is 1. The smallest absolute Gasteiger partial charge is 0.353 e. The van der Waals surface area contributed by atoms with Crippen LogP contribution in [0.2, 0.25) is 0 Å².